The van der Waals surface area contributed by atoms with Gasteiger partial charge >= 0.3 is 0 Å². The predicted molar refractivity (Wildman–Crippen MR) is 88.2 cm³/mol. The van der Waals surface area contributed by atoms with Gasteiger partial charge in [0, 0.05) is 13.2 Å². The van der Waals surface area contributed by atoms with Gasteiger partial charge in [-0.15, -0.1) is 0 Å². The van der Waals surface area contributed by atoms with Crippen LogP contribution in [0.3, 0.4) is 0 Å². The molecule has 1 aromatic carbocycles. The third-order valence-corrected chi connectivity index (χ3v) is 4.48. The van der Waals surface area contributed by atoms with E-state index in [9.17, 15) is 9.18 Å². The highest BCUT2D eigenvalue weighted by molar-refractivity contribution is 7.99. The molecular formula is C17H19FN2OS. The van der Waals surface area contributed by atoms with Crippen LogP contribution in [0.5, 0.6) is 0 Å². The first-order valence-corrected chi connectivity index (χ1v) is 8.29. The van der Waals surface area contributed by atoms with Crippen molar-refractivity contribution < 1.29 is 9.18 Å². The largest absolute Gasteiger partial charge is 0.332 e. The fourth-order valence-corrected chi connectivity index (χ4v) is 2.69. The summed E-state index contributed by atoms with van der Waals surface area (Å²) in [5, 5.41) is -0.162. The molecule has 0 radical (unpaired) electrons. The summed E-state index contributed by atoms with van der Waals surface area (Å²) >= 11 is 1.49. The summed E-state index contributed by atoms with van der Waals surface area (Å²) in [7, 11) is 1.74. The van der Waals surface area contributed by atoms with Crippen LogP contribution in [0.15, 0.2) is 48.7 Å². The number of aromatic nitrogens is 1. The van der Waals surface area contributed by atoms with Crippen molar-refractivity contribution in [3.8, 4) is 0 Å². The lowest BCUT2D eigenvalue weighted by atomic mass is 10.0. The summed E-state index contributed by atoms with van der Waals surface area (Å²) in [6, 6.07) is 11.4. The van der Waals surface area contributed by atoms with Crippen molar-refractivity contribution in [2.45, 2.75) is 18.2 Å². The van der Waals surface area contributed by atoms with E-state index in [1.54, 1.807) is 24.2 Å². The van der Waals surface area contributed by atoms with Gasteiger partial charge in [-0.2, -0.15) is 11.8 Å². The summed E-state index contributed by atoms with van der Waals surface area (Å²) in [6.45, 7) is 1.87. The second-order valence-electron chi connectivity index (χ2n) is 5.04. The zero-order valence-electron chi connectivity index (χ0n) is 12.9. The van der Waals surface area contributed by atoms with Crippen LogP contribution < -0.4 is 0 Å². The third-order valence-electron chi connectivity index (χ3n) is 3.57. The molecule has 0 saturated carbocycles. The number of thioether (sulfide) groups is 1. The van der Waals surface area contributed by atoms with Gasteiger partial charge in [0.2, 0.25) is 5.91 Å². The van der Waals surface area contributed by atoms with Crippen LogP contribution in [0.4, 0.5) is 4.39 Å². The molecular weight excluding hydrogens is 299 g/mol. The number of pyridine rings is 1. The van der Waals surface area contributed by atoms with Gasteiger partial charge in [0.1, 0.15) is 5.82 Å². The van der Waals surface area contributed by atoms with E-state index >= 15 is 0 Å². The number of benzene rings is 1. The van der Waals surface area contributed by atoms with Crippen molar-refractivity contribution >= 4 is 17.7 Å². The van der Waals surface area contributed by atoms with E-state index < -0.39 is 6.04 Å². The van der Waals surface area contributed by atoms with Crippen LogP contribution in [0, 0.1) is 5.82 Å². The highest BCUT2D eigenvalue weighted by Gasteiger charge is 2.27. The van der Waals surface area contributed by atoms with Gasteiger partial charge in [-0.3, -0.25) is 9.78 Å². The molecule has 0 aliphatic rings. The Morgan fingerprint density at radius 2 is 2.05 bits per heavy atom. The monoisotopic (exact) mass is 318 g/mol. The lowest BCUT2D eigenvalue weighted by Gasteiger charge is -2.30. The molecule has 0 spiro atoms. The summed E-state index contributed by atoms with van der Waals surface area (Å²) in [5.41, 5.74) is 1.43. The van der Waals surface area contributed by atoms with E-state index in [-0.39, 0.29) is 17.0 Å². The molecule has 0 fully saturated rings. The molecule has 0 N–H and O–H groups in total. The maximum absolute atomic E-state index is 13.6. The lowest BCUT2D eigenvalue weighted by Crippen LogP contribution is -2.37. The smallest absolute Gasteiger partial charge is 0.235 e. The minimum absolute atomic E-state index is 0.00702. The van der Waals surface area contributed by atoms with Crippen LogP contribution in [-0.2, 0) is 4.79 Å². The summed E-state index contributed by atoms with van der Waals surface area (Å²) in [4.78, 5) is 18.5. The predicted octanol–water partition coefficient (Wildman–Crippen LogP) is 3.52. The Morgan fingerprint density at radius 3 is 2.64 bits per heavy atom. The van der Waals surface area contributed by atoms with Crippen LogP contribution in [0.25, 0.3) is 0 Å². The summed E-state index contributed by atoms with van der Waals surface area (Å²) < 4.78 is 13.6. The molecule has 0 unspecified atom stereocenters. The van der Waals surface area contributed by atoms with Crippen LogP contribution >= 0.6 is 11.8 Å². The molecule has 1 amide bonds. The van der Waals surface area contributed by atoms with Crippen molar-refractivity contribution in [2.24, 2.45) is 0 Å². The Hall–Kier alpha value is -1.88. The molecule has 2 aromatic rings. The van der Waals surface area contributed by atoms with Gasteiger partial charge < -0.3 is 4.90 Å². The van der Waals surface area contributed by atoms with Crippen molar-refractivity contribution in [3.63, 3.8) is 0 Å². The minimum Gasteiger partial charge on any atom is -0.332 e. The third kappa shape index (κ3) is 3.65. The Balaban J connectivity index is 2.44. The van der Waals surface area contributed by atoms with Gasteiger partial charge in [-0.05, 0) is 43.0 Å². The Bertz CT molecular complexity index is 636. The number of carbonyl (C=O) groups is 1. The highest BCUT2D eigenvalue weighted by Crippen LogP contribution is 2.28. The molecule has 2 rings (SSSR count). The van der Waals surface area contributed by atoms with Gasteiger partial charge in [0.15, 0.2) is 0 Å². The quantitative estimate of drug-likeness (QED) is 0.846. The topological polar surface area (TPSA) is 33.2 Å². The molecule has 0 aliphatic heterocycles. The number of hydrogen-bond donors (Lipinski definition) is 0. The average molecular weight is 318 g/mol. The maximum Gasteiger partial charge on any atom is 0.235 e. The van der Waals surface area contributed by atoms with E-state index in [1.165, 1.54) is 23.9 Å². The summed E-state index contributed by atoms with van der Waals surface area (Å²) in [6.07, 6.45) is 3.58. The van der Waals surface area contributed by atoms with Gasteiger partial charge in [0.25, 0.3) is 0 Å². The second-order valence-corrected chi connectivity index (χ2v) is 6.22. The zero-order chi connectivity index (χ0) is 16.1. The van der Waals surface area contributed by atoms with Crippen molar-refractivity contribution in [2.75, 3.05) is 13.3 Å². The first-order valence-electron chi connectivity index (χ1n) is 7.00. The second kappa shape index (κ2) is 7.40. The lowest BCUT2D eigenvalue weighted by molar-refractivity contribution is -0.130. The van der Waals surface area contributed by atoms with E-state index in [0.29, 0.717) is 5.56 Å². The molecule has 116 valence electrons. The molecule has 1 aromatic heterocycles. The van der Waals surface area contributed by atoms with Crippen LogP contribution in [0.1, 0.15) is 24.2 Å². The SMILES string of the molecule is CS[C@@H](C)C(=O)N(C)[C@H](c1cccc(F)c1)c1ccccn1. The highest BCUT2D eigenvalue weighted by atomic mass is 32.2. The van der Waals surface area contributed by atoms with E-state index in [1.807, 2.05) is 37.4 Å². The maximum atomic E-state index is 13.6. The van der Waals surface area contributed by atoms with E-state index in [2.05, 4.69) is 4.98 Å². The summed E-state index contributed by atoms with van der Waals surface area (Å²) in [5.74, 6) is -0.329. The Morgan fingerprint density at radius 1 is 1.27 bits per heavy atom. The Kier molecular flexibility index (Phi) is 5.55. The van der Waals surface area contributed by atoms with Gasteiger partial charge in [0.05, 0.1) is 17.0 Å². The van der Waals surface area contributed by atoms with E-state index in [4.69, 9.17) is 0 Å². The van der Waals surface area contributed by atoms with Gasteiger partial charge in [-0.1, -0.05) is 18.2 Å². The number of halogens is 1. The van der Waals surface area contributed by atoms with Crippen molar-refractivity contribution in [1.29, 1.82) is 0 Å². The number of hydrogen-bond acceptors (Lipinski definition) is 3. The molecule has 22 heavy (non-hydrogen) atoms. The normalized spacial score (nSPS) is 13.5. The van der Waals surface area contributed by atoms with Crippen molar-refractivity contribution in [1.82, 2.24) is 9.88 Å². The van der Waals surface area contributed by atoms with Crippen molar-refractivity contribution in [3.05, 3.63) is 65.7 Å². The molecule has 0 bridgehead atoms. The van der Waals surface area contributed by atoms with E-state index in [0.717, 1.165) is 5.69 Å². The first kappa shape index (κ1) is 16.5. The molecule has 3 nitrogen and oxygen atoms in total. The number of nitrogens with zero attached hydrogens (tertiary/aromatic N) is 2. The standard InChI is InChI=1S/C17H19FN2OS/c1-12(22-3)17(21)20(2)16(15-9-4-5-10-19-15)13-7-6-8-14(18)11-13/h4-12,16H,1-3H3/t12-,16+/m0/s1. The molecule has 5 heteroatoms. The Labute approximate surface area is 134 Å². The number of rotatable bonds is 5. The molecule has 0 saturated heterocycles. The number of amides is 1. The molecule has 2 atom stereocenters. The fraction of sp³-hybridized carbons (Fsp3) is 0.294. The molecule has 0 aliphatic carbocycles. The zero-order valence-corrected chi connectivity index (χ0v) is 13.7. The molecule has 1 heterocycles. The fourth-order valence-electron chi connectivity index (χ4n) is 2.32. The van der Waals surface area contributed by atoms with Crippen LogP contribution in [0.2, 0.25) is 0 Å². The van der Waals surface area contributed by atoms with Crippen LogP contribution in [-0.4, -0.2) is 34.3 Å². The number of carbonyl (C=O) groups excluding carboxylic acids is 1. The minimum atomic E-state index is -0.404. The average Bonchev–Trinajstić information content (AvgIpc) is 2.54. The van der Waals surface area contributed by atoms with Gasteiger partial charge in [-0.25, -0.2) is 4.39 Å². The first-order chi connectivity index (χ1) is 10.5.